The second-order valence-corrected chi connectivity index (χ2v) is 6.60. The van der Waals surface area contributed by atoms with Gasteiger partial charge in [0.15, 0.2) is 0 Å². The van der Waals surface area contributed by atoms with E-state index in [0.29, 0.717) is 17.9 Å². The van der Waals surface area contributed by atoms with E-state index in [0.717, 1.165) is 19.4 Å². The summed E-state index contributed by atoms with van der Waals surface area (Å²) in [5.74, 6) is 0.354. The Balaban J connectivity index is 1.82. The molecule has 1 aliphatic rings. The lowest BCUT2D eigenvalue weighted by Gasteiger charge is -2.41. The number of likely N-dealkylation sites (N-methyl/N-ethyl adjacent to an activating group) is 1. The Morgan fingerprint density at radius 2 is 2.14 bits per heavy atom. The Morgan fingerprint density at radius 3 is 2.62 bits per heavy atom. The van der Waals surface area contributed by atoms with Gasteiger partial charge < -0.3 is 14.9 Å². The number of rotatable bonds is 6. The van der Waals surface area contributed by atoms with Gasteiger partial charge in [0.2, 0.25) is 5.89 Å². The summed E-state index contributed by atoms with van der Waals surface area (Å²) in [6, 6.07) is 0.598. The van der Waals surface area contributed by atoms with Crippen LogP contribution in [0.15, 0.2) is 4.52 Å². The van der Waals surface area contributed by atoms with Crippen molar-refractivity contribution in [2.45, 2.75) is 58.0 Å². The van der Waals surface area contributed by atoms with Crippen LogP contribution in [0.1, 0.15) is 46.4 Å². The molecule has 0 saturated heterocycles. The number of nitrogens with one attached hydrogen (secondary N) is 1. The van der Waals surface area contributed by atoms with Crippen molar-refractivity contribution in [3.63, 3.8) is 0 Å². The van der Waals surface area contributed by atoms with Crippen molar-refractivity contribution >= 4 is 11.9 Å². The largest absolute Gasteiger partial charge is 0.480 e. The van der Waals surface area contributed by atoms with Gasteiger partial charge >= 0.3 is 5.97 Å². The minimum Gasteiger partial charge on any atom is -0.480 e. The van der Waals surface area contributed by atoms with Gasteiger partial charge in [-0.25, -0.2) is 0 Å². The first-order chi connectivity index (χ1) is 9.79. The summed E-state index contributed by atoms with van der Waals surface area (Å²) in [6.45, 7) is 8.90. The van der Waals surface area contributed by atoms with E-state index in [1.54, 1.807) is 0 Å². The van der Waals surface area contributed by atoms with Gasteiger partial charge in [-0.05, 0) is 24.5 Å². The molecule has 1 aliphatic carbocycles. The van der Waals surface area contributed by atoms with Crippen molar-refractivity contribution in [3.8, 4) is 0 Å². The predicted molar refractivity (Wildman–Crippen MR) is 78.3 cm³/mol. The van der Waals surface area contributed by atoms with E-state index >= 15 is 0 Å². The Labute approximate surface area is 124 Å². The highest BCUT2D eigenvalue weighted by Crippen LogP contribution is 2.28. The second-order valence-electron chi connectivity index (χ2n) is 6.60. The van der Waals surface area contributed by atoms with Crippen LogP contribution in [-0.2, 0) is 10.2 Å². The molecule has 0 aromatic carbocycles. The van der Waals surface area contributed by atoms with Crippen LogP contribution in [0.3, 0.4) is 0 Å². The van der Waals surface area contributed by atoms with Crippen molar-refractivity contribution in [2.75, 3.05) is 18.4 Å². The van der Waals surface area contributed by atoms with Gasteiger partial charge in [0, 0.05) is 17.5 Å². The first-order valence-corrected chi connectivity index (χ1v) is 7.36. The van der Waals surface area contributed by atoms with Gasteiger partial charge in [0.1, 0.15) is 0 Å². The molecule has 0 aliphatic heterocycles. The maximum absolute atomic E-state index is 10.8. The summed E-state index contributed by atoms with van der Waals surface area (Å²) < 4.78 is 5.23. The Hall–Kier alpha value is -1.63. The van der Waals surface area contributed by atoms with Gasteiger partial charge in [-0.2, -0.15) is 4.98 Å². The highest BCUT2D eigenvalue weighted by atomic mass is 16.5. The molecular weight excluding hydrogens is 272 g/mol. The fourth-order valence-electron chi connectivity index (χ4n) is 2.45. The highest BCUT2D eigenvalue weighted by molar-refractivity contribution is 5.69. The van der Waals surface area contributed by atoms with Gasteiger partial charge in [-0.3, -0.25) is 9.69 Å². The number of carbonyl (C=O) groups is 1. The molecule has 1 saturated carbocycles. The molecular formula is C14H24N4O3. The van der Waals surface area contributed by atoms with Crippen molar-refractivity contribution < 1.29 is 14.4 Å². The molecule has 7 heteroatoms. The first-order valence-electron chi connectivity index (χ1n) is 7.36. The van der Waals surface area contributed by atoms with Crippen LogP contribution in [0.4, 0.5) is 5.95 Å². The third-order valence-electron chi connectivity index (χ3n) is 3.77. The van der Waals surface area contributed by atoms with Crippen LogP contribution in [-0.4, -0.2) is 51.3 Å². The van der Waals surface area contributed by atoms with Crippen LogP contribution in [0.2, 0.25) is 0 Å². The number of carboxylic acid groups (broad SMARTS) is 1. The SMILES string of the molecule is CCN(CC(=O)O)C1CC(Nc2noc(C(C)(C)C)n2)C1. The van der Waals surface area contributed by atoms with E-state index in [1.807, 2.05) is 32.6 Å². The topological polar surface area (TPSA) is 91.5 Å². The van der Waals surface area contributed by atoms with E-state index in [2.05, 4.69) is 15.5 Å². The Bertz CT molecular complexity index is 489. The average Bonchev–Trinajstić information content (AvgIpc) is 2.78. The minimum absolute atomic E-state index is 0.101. The predicted octanol–water partition coefficient (Wildman–Crippen LogP) is 1.72. The van der Waals surface area contributed by atoms with E-state index in [9.17, 15) is 4.79 Å². The highest BCUT2D eigenvalue weighted by Gasteiger charge is 2.34. The number of hydrogen-bond donors (Lipinski definition) is 2. The third-order valence-corrected chi connectivity index (χ3v) is 3.77. The molecule has 0 radical (unpaired) electrons. The molecule has 0 spiro atoms. The second kappa shape index (κ2) is 6.01. The zero-order valence-corrected chi connectivity index (χ0v) is 13.1. The zero-order valence-electron chi connectivity index (χ0n) is 13.1. The molecule has 0 atom stereocenters. The van der Waals surface area contributed by atoms with E-state index in [1.165, 1.54) is 0 Å². The summed E-state index contributed by atoms with van der Waals surface area (Å²) in [7, 11) is 0. The maximum atomic E-state index is 10.8. The summed E-state index contributed by atoms with van der Waals surface area (Å²) in [6.07, 6.45) is 1.81. The fourth-order valence-corrected chi connectivity index (χ4v) is 2.45. The first kappa shape index (κ1) is 15.8. The number of nitrogens with zero attached hydrogens (tertiary/aromatic N) is 3. The summed E-state index contributed by atoms with van der Waals surface area (Å²) >= 11 is 0. The quantitative estimate of drug-likeness (QED) is 0.825. The molecule has 1 fully saturated rings. The smallest absolute Gasteiger partial charge is 0.317 e. The number of aromatic nitrogens is 2. The lowest BCUT2D eigenvalue weighted by atomic mass is 9.85. The molecule has 0 bridgehead atoms. The number of anilines is 1. The third kappa shape index (κ3) is 3.93. The normalized spacial score (nSPS) is 22.1. The summed E-state index contributed by atoms with van der Waals surface area (Å²) in [5.41, 5.74) is -0.157. The van der Waals surface area contributed by atoms with Crippen LogP contribution >= 0.6 is 0 Å². The van der Waals surface area contributed by atoms with Gasteiger partial charge in [0.05, 0.1) is 6.54 Å². The van der Waals surface area contributed by atoms with Crippen LogP contribution in [0.5, 0.6) is 0 Å². The number of carboxylic acids is 1. The lowest BCUT2D eigenvalue weighted by Crippen LogP contribution is -2.51. The molecule has 7 nitrogen and oxygen atoms in total. The fraction of sp³-hybridized carbons (Fsp3) is 0.786. The van der Waals surface area contributed by atoms with Crippen molar-refractivity contribution in [2.24, 2.45) is 0 Å². The number of hydrogen-bond acceptors (Lipinski definition) is 6. The molecule has 0 amide bonds. The Kier molecular flexibility index (Phi) is 4.51. The van der Waals surface area contributed by atoms with Crippen molar-refractivity contribution in [3.05, 3.63) is 5.89 Å². The van der Waals surface area contributed by atoms with E-state index in [4.69, 9.17) is 9.63 Å². The molecule has 0 unspecified atom stereocenters. The molecule has 1 aromatic heterocycles. The summed E-state index contributed by atoms with van der Waals surface area (Å²) in [5, 5.41) is 16.1. The van der Waals surface area contributed by atoms with Gasteiger partial charge in [-0.15, -0.1) is 0 Å². The zero-order chi connectivity index (χ0) is 15.6. The van der Waals surface area contributed by atoms with Crippen LogP contribution in [0.25, 0.3) is 0 Å². The van der Waals surface area contributed by atoms with Gasteiger partial charge in [0.25, 0.3) is 5.95 Å². The maximum Gasteiger partial charge on any atom is 0.317 e. The molecule has 21 heavy (non-hydrogen) atoms. The molecule has 1 aromatic rings. The Morgan fingerprint density at radius 1 is 1.48 bits per heavy atom. The minimum atomic E-state index is -0.777. The molecule has 1 heterocycles. The van der Waals surface area contributed by atoms with Crippen LogP contribution in [0, 0.1) is 0 Å². The standard InChI is InChI=1S/C14H24N4O3/c1-5-18(8-11(19)20)10-6-9(7-10)15-13-16-12(21-17-13)14(2,3)4/h9-10H,5-8H2,1-4H3,(H,15,17)(H,19,20). The van der Waals surface area contributed by atoms with Crippen molar-refractivity contribution in [1.29, 1.82) is 0 Å². The molecule has 118 valence electrons. The van der Waals surface area contributed by atoms with Crippen LogP contribution < -0.4 is 5.32 Å². The lowest BCUT2D eigenvalue weighted by molar-refractivity contribution is -0.139. The molecule has 2 N–H and O–H groups in total. The monoisotopic (exact) mass is 296 g/mol. The molecule has 2 rings (SSSR count). The average molecular weight is 296 g/mol. The summed E-state index contributed by atoms with van der Waals surface area (Å²) in [4.78, 5) is 17.1. The number of aliphatic carboxylic acids is 1. The van der Waals surface area contributed by atoms with Gasteiger partial charge in [-0.1, -0.05) is 27.7 Å². The van der Waals surface area contributed by atoms with E-state index in [-0.39, 0.29) is 18.0 Å². The van der Waals surface area contributed by atoms with Crippen molar-refractivity contribution in [1.82, 2.24) is 15.0 Å². The van der Waals surface area contributed by atoms with E-state index < -0.39 is 5.97 Å².